The van der Waals surface area contributed by atoms with Gasteiger partial charge in [0.05, 0.1) is 19.3 Å². The van der Waals surface area contributed by atoms with Crippen LogP contribution in [0.1, 0.15) is 23.4 Å². The normalized spacial score (nSPS) is 16.9. The molecule has 2 aromatic rings. The average Bonchev–Trinajstić information content (AvgIpc) is 3.15. The molecule has 0 saturated carbocycles. The van der Waals surface area contributed by atoms with Crippen molar-refractivity contribution in [2.24, 2.45) is 5.73 Å². The number of hydrogen-bond acceptors (Lipinski definition) is 7. The zero-order valence-corrected chi connectivity index (χ0v) is 15.2. The zero-order valence-electron chi connectivity index (χ0n) is 15.2. The van der Waals surface area contributed by atoms with Gasteiger partial charge in [0.15, 0.2) is 0 Å². The minimum absolute atomic E-state index is 0.00692. The standard InChI is InChI=1S/C17H22N6O4/c1-11-10-22(12-5-3-4-6-13(12)26-2)7-8-23(11)17(25)19-9-14-20-16(15(18)24)21-27-14/h3-6,11H,7-10H2,1-2H3,(H2,18,24)(H,19,25)/t11-/m1/s1. The van der Waals surface area contributed by atoms with E-state index in [0.29, 0.717) is 19.6 Å². The fourth-order valence-electron chi connectivity index (χ4n) is 3.05. The number of nitrogens with one attached hydrogen (secondary N) is 1. The van der Waals surface area contributed by atoms with Gasteiger partial charge in [-0.1, -0.05) is 17.3 Å². The lowest BCUT2D eigenvalue weighted by atomic mass is 10.1. The number of hydrogen-bond donors (Lipinski definition) is 2. The summed E-state index contributed by atoms with van der Waals surface area (Å²) in [5.41, 5.74) is 6.08. The number of aromatic nitrogens is 2. The second kappa shape index (κ2) is 7.94. The summed E-state index contributed by atoms with van der Waals surface area (Å²) in [5, 5.41) is 6.16. The van der Waals surface area contributed by atoms with Gasteiger partial charge in [-0.05, 0) is 19.1 Å². The maximum absolute atomic E-state index is 12.5. The fourth-order valence-corrected chi connectivity index (χ4v) is 3.05. The second-order valence-corrected chi connectivity index (χ2v) is 6.19. The molecule has 1 aliphatic rings. The number of carbonyl (C=O) groups excluding carboxylic acids is 2. The highest BCUT2D eigenvalue weighted by Gasteiger charge is 2.28. The van der Waals surface area contributed by atoms with Crippen molar-refractivity contribution < 1.29 is 18.8 Å². The molecule has 1 aromatic heterocycles. The van der Waals surface area contributed by atoms with E-state index >= 15 is 0 Å². The van der Waals surface area contributed by atoms with Crippen LogP contribution in [0.15, 0.2) is 28.8 Å². The van der Waals surface area contributed by atoms with Gasteiger partial charge < -0.3 is 30.1 Å². The lowest BCUT2D eigenvalue weighted by Crippen LogP contribution is -2.56. The van der Waals surface area contributed by atoms with E-state index in [4.69, 9.17) is 15.0 Å². The molecule has 0 radical (unpaired) electrons. The smallest absolute Gasteiger partial charge is 0.318 e. The number of primary amides is 1. The predicted octanol–water partition coefficient (Wildman–Crippen LogP) is 0.597. The monoisotopic (exact) mass is 374 g/mol. The first-order chi connectivity index (χ1) is 13.0. The Bertz CT molecular complexity index is 823. The topological polar surface area (TPSA) is 127 Å². The molecule has 3 rings (SSSR count). The molecule has 10 heteroatoms. The molecule has 144 valence electrons. The molecule has 3 N–H and O–H groups in total. The molecule has 1 aliphatic heterocycles. The van der Waals surface area contributed by atoms with Crippen molar-refractivity contribution in [1.29, 1.82) is 0 Å². The van der Waals surface area contributed by atoms with Crippen molar-refractivity contribution in [2.45, 2.75) is 19.5 Å². The maximum atomic E-state index is 12.5. The first-order valence-electron chi connectivity index (χ1n) is 8.54. The second-order valence-electron chi connectivity index (χ2n) is 6.19. The number of rotatable bonds is 5. The SMILES string of the molecule is COc1ccccc1N1CCN(C(=O)NCc2nc(C(N)=O)no2)[C@H](C)C1. The summed E-state index contributed by atoms with van der Waals surface area (Å²) in [5.74, 6) is -0.0582. The van der Waals surface area contributed by atoms with Gasteiger partial charge in [-0.3, -0.25) is 4.79 Å². The first kappa shape index (κ1) is 18.5. The van der Waals surface area contributed by atoms with E-state index in [1.807, 2.05) is 31.2 Å². The summed E-state index contributed by atoms with van der Waals surface area (Å²) >= 11 is 0. The van der Waals surface area contributed by atoms with Gasteiger partial charge >= 0.3 is 6.03 Å². The van der Waals surface area contributed by atoms with Crippen LogP contribution in [0.2, 0.25) is 0 Å². The molecule has 1 fully saturated rings. The summed E-state index contributed by atoms with van der Waals surface area (Å²) in [6, 6.07) is 7.58. The van der Waals surface area contributed by atoms with Crippen molar-refractivity contribution in [1.82, 2.24) is 20.4 Å². The zero-order chi connectivity index (χ0) is 19.4. The van der Waals surface area contributed by atoms with E-state index in [1.54, 1.807) is 12.0 Å². The number of urea groups is 1. The molecule has 1 saturated heterocycles. The van der Waals surface area contributed by atoms with Crippen LogP contribution in [0, 0.1) is 0 Å². The molecular weight excluding hydrogens is 352 g/mol. The Kier molecular flexibility index (Phi) is 5.43. The van der Waals surface area contributed by atoms with Crippen molar-refractivity contribution in [2.75, 3.05) is 31.6 Å². The van der Waals surface area contributed by atoms with Crippen molar-refractivity contribution >= 4 is 17.6 Å². The van der Waals surface area contributed by atoms with Crippen molar-refractivity contribution in [3.05, 3.63) is 36.0 Å². The van der Waals surface area contributed by atoms with E-state index in [9.17, 15) is 9.59 Å². The van der Waals surface area contributed by atoms with Crippen LogP contribution in [0.5, 0.6) is 5.75 Å². The van der Waals surface area contributed by atoms with Gasteiger partial charge in [0, 0.05) is 25.7 Å². The largest absolute Gasteiger partial charge is 0.495 e. The third kappa shape index (κ3) is 4.10. The van der Waals surface area contributed by atoms with Gasteiger partial charge in [-0.15, -0.1) is 0 Å². The summed E-state index contributed by atoms with van der Waals surface area (Å²) in [7, 11) is 1.65. The quantitative estimate of drug-likeness (QED) is 0.784. The molecule has 0 spiro atoms. The minimum Gasteiger partial charge on any atom is -0.495 e. The highest BCUT2D eigenvalue weighted by molar-refractivity contribution is 5.88. The molecule has 27 heavy (non-hydrogen) atoms. The van der Waals surface area contributed by atoms with Gasteiger partial charge in [0.1, 0.15) is 5.75 Å². The number of carbonyl (C=O) groups is 2. The third-order valence-corrected chi connectivity index (χ3v) is 4.39. The number of benzene rings is 1. The van der Waals surface area contributed by atoms with E-state index < -0.39 is 5.91 Å². The molecule has 0 bridgehead atoms. The number of nitrogens with zero attached hydrogens (tertiary/aromatic N) is 4. The van der Waals surface area contributed by atoms with E-state index in [0.717, 1.165) is 11.4 Å². The van der Waals surface area contributed by atoms with Crippen LogP contribution in [-0.2, 0) is 6.54 Å². The Morgan fingerprint density at radius 2 is 2.15 bits per heavy atom. The number of methoxy groups -OCH3 is 1. The van der Waals surface area contributed by atoms with Gasteiger partial charge in [-0.25, -0.2) is 4.79 Å². The lowest BCUT2D eigenvalue weighted by Gasteiger charge is -2.41. The van der Waals surface area contributed by atoms with Gasteiger partial charge in [-0.2, -0.15) is 4.98 Å². The average molecular weight is 374 g/mol. The molecule has 2 heterocycles. The minimum atomic E-state index is -0.780. The molecule has 1 atom stereocenters. The van der Waals surface area contributed by atoms with Crippen LogP contribution >= 0.6 is 0 Å². The van der Waals surface area contributed by atoms with Crippen LogP contribution in [0.4, 0.5) is 10.5 Å². The van der Waals surface area contributed by atoms with Crippen molar-refractivity contribution in [3.8, 4) is 5.75 Å². The summed E-state index contributed by atoms with van der Waals surface area (Å²) in [4.78, 5) is 31.2. The number of piperazine rings is 1. The number of nitrogens with two attached hydrogens (primary N) is 1. The van der Waals surface area contributed by atoms with E-state index in [1.165, 1.54) is 0 Å². The van der Waals surface area contributed by atoms with E-state index in [2.05, 4.69) is 20.4 Å². The summed E-state index contributed by atoms with van der Waals surface area (Å²) in [6.07, 6.45) is 0. The fraction of sp³-hybridized carbons (Fsp3) is 0.412. The Labute approximate surface area is 156 Å². The maximum Gasteiger partial charge on any atom is 0.318 e. The molecule has 1 aromatic carbocycles. The molecule has 10 nitrogen and oxygen atoms in total. The summed E-state index contributed by atoms with van der Waals surface area (Å²) in [6.45, 7) is 3.93. The van der Waals surface area contributed by atoms with Crippen LogP contribution in [-0.4, -0.2) is 59.8 Å². The van der Waals surface area contributed by atoms with Crippen LogP contribution in [0.3, 0.4) is 0 Å². The first-order valence-corrected chi connectivity index (χ1v) is 8.54. The van der Waals surface area contributed by atoms with Crippen molar-refractivity contribution in [3.63, 3.8) is 0 Å². The Morgan fingerprint density at radius 1 is 1.37 bits per heavy atom. The third-order valence-electron chi connectivity index (χ3n) is 4.39. The Balaban J connectivity index is 1.57. The van der Waals surface area contributed by atoms with E-state index in [-0.39, 0.29) is 30.3 Å². The molecule has 3 amide bonds. The van der Waals surface area contributed by atoms with Crippen LogP contribution in [0.25, 0.3) is 0 Å². The Hall–Kier alpha value is -3.30. The molecule has 0 unspecified atom stereocenters. The number of anilines is 1. The number of para-hydroxylation sites is 2. The molecule has 0 aliphatic carbocycles. The van der Waals surface area contributed by atoms with Crippen LogP contribution < -0.4 is 20.7 Å². The highest BCUT2D eigenvalue weighted by Crippen LogP contribution is 2.29. The van der Waals surface area contributed by atoms with Gasteiger partial charge in [0.25, 0.3) is 11.7 Å². The van der Waals surface area contributed by atoms with Gasteiger partial charge in [0.2, 0.25) is 5.89 Å². The predicted molar refractivity (Wildman–Crippen MR) is 96.4 cm³/mol. The molecular formula is C17H22N6O4. The number of amides is 3. The summed E-state index contributed by atoms with van der Waals surface area (Å²) < 4.78 is 10.3. The lowest BCUT2D eigenvalue weighted by molar-refractivity contribution is 0.0987. The number of ether oxygens (including phenoxy) is 1. The Morgan fingerprint density at radius 3 is 2.81 bits per heavy atom. The highest BCUT2D eigenvalue weighted by atomic mass is 16.5.